The number of carbonyl (C=O) groups is 2. The van der Waals surface area contributed by atoms with Crippen molar-refractivity contribution >= 4 is 33.3 Å². The molecular weight excluding hydrogens is 293 g/mol. The van der Waals surface area contributed by atoms with E-state index in [4.69, 9.17) is 5.11 Å². The van der Waals surface area contributed by atoms with Gasteiger partial charge in [0.1, 0.15) is 5.82 Å². The maximum Gasteiger partial charge on any atom is 0.303 e. The number of aliphatic carboxylic acids is 1. The van der Waals surface area contributed by atoms with Gasteiger partial charge in [0.25, 0.3) is 5.91 Å². The average molecular weight is 309 g/mol. The number of carboxylic acid groups (broad SMARTS) is 1. The average Bonchev–Trinajstić information content (AvgIpc) is 2.74. The Bertz CT molecular complexity index is 696. The third kappa shape index (κ3) is 3.39. The fourth-order valence-electron chi connectivity index (χ4n) is 2.14. The first kappa shape index (κ1) is 15.4. The summed E-state index contributed by atoms with van der Waals surface area (Å²) in [6, 6.07) is 4.48. The molecule has 0 aliphatic carbocycles. The van der Waals surface area contributed by atoms with Gasteiger partial charge in [0.15, 0.2) is 0 Å². The van der Waals surface area contributed by atoms with E-state index in [1.807, 2.05) is 0 Å². The molecule has 1 heterocycles. The van der Waals surface area contributed by atoms with Gasteiger partial charge in [-0.05, 0) is 42.5 Å². The molecule has 0 spiro atoms. The van der Waals surface area contributed by atoms with Gasteiger partial charge in [0.2, 0.25) is 0 Å². The van der Waals surface area contributed by atoms with Crippen LogP contribution in [0.4, 0.5) is 4.39 Å². The maximum atomic E-state index is 13.3. The van der Waals surface area contributed by atoms with Crippen LogP contribution in [0.3, 0.4) is 0 Å². The van der Waals surface area contributed by atoms with E-state index in [9.17, 15) is 14.0 Å². The number of hydrogen-bond donors (Lipinski definition) is 1. The molecule has 1 aromatic heterocycles. The molecule has 0 saturated heterocycles. The van der Waals surface area contributed by atoms with E-state index in [0.29, 0.717) is 17.8 Å². The molecule has 4 nitrogen and oxygen atoms in total. The van der Waals surface area contributed by atoms with Crippen molar-refractivity contribution in [3.05, 3.63) is 34.5 Å². The van der Waals surface area contributed by atoms with Gasteiger partial charge < -0.3 is 10.0 Å². The predicted molar refractivity (Wildman–Crippen MR) is 80.4 cm³/mol. The minimum absolute atomic E-state index is 0.0359. The Labute approximate surface area is 125 Å². The van der Waals surface area contributed by atoms with Gasteiger partial charge in [0, 0.05) is 24.7 Å². The van der Waals surface area contributed by atoms with Gasteiger partial charge in [-0.1, -0.05) is 0 Å². The summed E-state index contributed by atoms with van der Waals surface area (Å²) >= 11 is 1.33. The number of benzene rings is 1. The van der Waals surface area contributed by atoms with Gasteiger partial charge in [-0.3, -0.25) is 9.59 Å². The third-order valence-electron chi connectivity index (χ3n) is 3.32. The van der Waals surface area contributed by atoms with Crippen LogP contribution >= 0.6 is 11.3 Å². The van der Waals surface area contributed by atoms with Gasteiger partial charge in [-0.25, -0.2) is 4.39 Å². The molecule has 6 heteroatoms. The quantitative estimate of drug-likeness (QED) is 0.922. The molecule has 0 fully saturated rings. The highest BCUT2D eigenvalue weighted by Gasteiger charge is 2.19. The summed E-state index contributed by atoms with van der Waals surface area (Å²) < 4.78 is 14.2. The predicted octanol–water partition coefficient (Wildman–Crippen LogP) is 3.29. The zero-order valence-corrected chi connectivity index (χ0v) is 12.7. The molecule has 1 N–H and O–H groups in total. The van der Waals surface area contributed by atoms with E-state index in [2.05, 4.69) is 0 Å². The lowest BCUT2D eigenvalue weighted by molar-refractivity contribution is -0.137. The number of nitrogens with zero attached hydrogens (tertiary/aromatic N) is 1. The molecule has 2 rings (SSSR count). The van der Waals surface area contributed by atoms with E-state index < -0.39 is 5.97 Å². The molecule has 0 atom stereocenters. The van der Waals surface area contributed by atoms with E-state index in [1.54, 1.807) is 20.0 Å². The number of aryl methyl sites for hydroxylation is 1. The molecular formula is C15H16FNO3S. The van der Waals surface area contributed by atoms with Crippen LogP contribution < -0.4 is 0 Å². The maximum absolute atomic E-state index is 13.3. The molecule has 1 amide bonds. The topological polar surface area (TPSA) is 57.6 Å². The summed E-state index contributed by atoms with van der Waals surface area (Å²) in [5, 5.41) is 9.36. The molecule has 0 radical (unpaired) electrons. The Hall–Kier alpha value is -1.95. The van der Waals surface area contributed by atoms with Crippen molar-refractivity contribution in [3.8, 4) is 0 Å². The van der Waals surface area contributed by atoms with Gasteiger partial charge in [0.05, 0.1) is 4.88 Å². The van der Waals surface area contributed by atoms with Crippen molar-refractivity contribution in [2.45, 2.75) is 19.8 Å². The number of carbonyl (C=O) groups excluding carboxylic acids is 1. The van der Waals surface area contributed by atoms with E-state index >= 15 is 0 Å². The monoisotopic (exact) mass is 309 g/mol. The lowest BCUT2D eigenvalue weighted by Crippen LogP contribution is -2.27. The van der Waals surface area contributed by atoms with Gasteiger partial charge in [-0.15, -0.1) is 11.3 Å². The van der Waals surface area contributed by atoms with Crippen LogP contribution in [-0.4, -0.2) is 35.5 Å². The Balaban J connectivity index is 2.19. The fraction of sp³-hybridized carbons (Fsp3) is 0.333. The molecule has 2 aromatic rings. The highest BCUT2D eigenvalue weighted by atomic mass is 32.1. The van der Waals surface area contributed by atoms with Crippen LogP contribution in [0.1, 0.15) is 28.1 Å². The van der Waals surface area contributed by atoms with Crippen LogP contribution in [0.25, 0.3) is 10.1 Å². The third-order valence-corrected chi connectivity index (χ3v) is 4.58. The Morgan fingerprint density at radius 1 is 1.38 bits per heavy atom. The fourth-order valence-corrected chi connectivity index (χ4v) is 3.32. The SMILES string of the molecule is Cc1c(C(=O)N(C)CCCC(=O)O)sc2ccc(F)cc12. The number of rotatable bonds is 5. The van der Waals surface area contributed by atoms with Crippen molar-refractivity contribution in [2.24, 2.45) is 0 Å². The zero-order chi connectivity index (χ0) is 15.6. The Morgan fingerprint density at radius 3 is 2.76 bits per heavy atom. The molecule has 112 valence electrons. The normalized spacial score (nSPS) is 10.8. The second-order valence-electron chi connectivity index (χ2n) is 4.92. The second kappa shape index (κ2) is 6.22. The summed E-state index contributed by atoms with van der Waals surface area (Å²) in [5.41, 5.74) is 0.768. The molecule has 0 aliphatic rings. The van der Waals surface area contributed by atoms with Gasteiger partial charge in [-0.2, -0.15) is 0 Å². The van der Waals surface area contributed by atoms with E-state index in [0.717, 1.165) is 15.6 Å². The Kier molecular flexibility index (Phi) is 4.57. The lowest BCUT2D eigenvalue weighted by atomic mass is 10.1. The highest BCUT2D eigenvalue weighted by molar-refractivity contribution is 7.21. The minimum Gasteiger partial charge on any atom is -0.481 e. The zero-order valence-electron chi connectivity index (χ0n) is 11.9. The first-order valence-electron chi connectivity index (χ1n) is 6.56. The lowest BCUT2D eigenvalue weighted by Gasteiger charge is -2.16. The van der Waals surface area contributed by atoms with Gasteiger partial charge >= 0.3 is 5.97 Å². The van der Waals surface area contributed by atoms with Crippen LogP contribution in [0, 0.1) is 12.7 Å². The summed E-state index contributed by atoms with van der Waals surface area (Å²) in [4.78, 5) is 25.0. The Morgan fingerprint density at radius 2 is 2.10 bits per heavy atom. The number of carboxylic acids is 1. The largest absolute Gasteiger partial charge is 0.481 e. The number of fused-ring (bicyclic) bond motifs is 1. The summed E-state index contributed by atoms with van der Waals surface area (Å²) in [6.07, 6.45) is 0.449. The van der Waals surface area contributed by atoms with Crippen LogP contribution in [0.15, 0.2) is 18.2 Å². The van der Waals surface area contributed by atoms with Crippen molar-refractivity contribution in [1.82, 2.24) is 4.90 Å². The van der Waals surface area contributed by atoms with Crippen LogP contribution in [0.2, 0.25) is 0 Å². The summed E-state index contributed by atoms with van der Waals surface area (Å²) in [7, 11) is 1.65. The molecule has 21 heavy (non-hydrogen) atoms. The van der Waals surface area contributed by atoms with Crippen molar-refractivity contribution in [2.75, 3.05) is 13.6 Å². The highest BCUT2D eigenvalue weighted by Crippen LogP contribution is 2.32. The number of thiophene rings is 1. The first-order chi connectivity index (χ1) is 9.90. The number of amides is 1. The summed E-state index contributed by atoms with van der Waals surface area (Å²) in [6.45, 7) is 2.18. The van der Waals surface area contributed by atoms with Crippen LogP contribution in [0.5, 0.6) is 0 Å². The smallest absolute Gasteiger partial charge is 0.303 e. The standard InChI is InChI=1S/C15H16FNO3S/c1-9-11-8-10(16)5-6-12(11)21-14(9)15(20)17(2)7-3-4-13(18)19/h5-6,8H,3-4,7H2,1-2H3,(H,18,19). The van der Waals surface area contributed by atoms with Crippen molar-refractivity contribution in [3.63, 3.8) is 0 Å². The van der Waals surface area contributed by atoms with Crippen molar-refractivity contribution in [1.29, 1.82) is 0 Å². The van der Waals surface area contributed by atoms with Crippen LogP contribution in [-0.2, 0) is 4.79 Å². The number of halogens is 1. The first-order valence-corrected chi connectivity index (χ1v) is 7.37. The minimum atomic E-state index is -0.871. The number of hydrogen-bond acceptors (Lipinski definition) is 3. The van der Waals surface area contributed by atoms with Crippen molar-refractivity contribution < 1.29 is 19.1 Å². The van der Waals surface area contributed by atoms with E-state index in [-0.39, 0.29) is 18.1 Å². The summed E-state index contributed by atoms with van der Waals surface area (Å²) in [5.74, 6) is -1.35. The molecule has 0 aliphatic heterocycles. The molecule has 0 saturated carbocycles. The molecule has 0 bridgehead atoms. The molecule has 0 unspecified atom stereocenters. The second-order valence-corrected chi connectivity index (χ2v) is 5.97. The molecule has 1 aromatic carbocycles. The van der Waals surface area contributed by atoms with E-state index in [1.165, 1.54) is 28.4 Å².